The molecule has 0 aliphatic carbocycles. The first-order chi connectivity index (χ1) is 7.93. The van der Waals surface area contributed by atoms with Gasteiger partial charge < -0.3 is 25.2 Å². The molecule has 0 aromatic rings. The van der Waals surface area contributed by atoms with Gasteiger partial charge in [-0.05, 0) is 19.8 Å². The monoisotopic (exact) mass is 250 g/mol. The average Bonchev–Trinajstić information content (AvgIpc) is 2.39. The number of hydrogen-bond acceptors (Lipinski definition) is 5. The van der Waals surface area contributed by atoms with Crippen LogP contribution in [0.4, 0.5) is 0 Å². The van der Waals surface area contributed by atoms with Crippen LogP contribution in [0.3, 0.4) is 0 Å². The van der Waals surface area contributed by atoms with Crippen molar-refractivity contribution in [2.45, 2.75) is 45.3 Å². The summed E-state index contributed by atoms with van der Waals surface area (Å²) in [6.45, 7) is 4.74. The Hall–Kier alpha value is -0.200. The summed E-state index contributed by atoms with van der Waals surface area (Å²) < 4.78 is 5.50. The van der Waals surface area contributed by atoms with E-state index in [4.69, 9.17) is 9.84 Å². The molecule has 17 heavy (non-hydrogen) atoms. The zero-order valence-corrected chi connectivity index (χ0v) is 11.0. The van der Waals surface area contributed by atoms with E-state index in [0.717, 1.165) is 0 Å². The predicted molar refractivity (Wildman–Crippen MR) is 64.6 cm³/mol. The van der Waals surface area contributed by atoms with Crippen LogP contribution in [0.2, 0.25) is 0 Å². The Balaban J connectivity index is 4.44. The number of aliphatic hydroxyl groups excluding tert-OH is 3. The maximum absolute atomic E-state index is 10.0. The SMILES string of the molecule is CCC(CO)(CO)COC(C)C(O)(CC)CO. The summed E-state index contributed by atoms with van der Waals surface area (Å²) in [7, 11) is 0. The van der Waals surface area contributed by atoms with Crippen molar-refractivity contribution in [3.8, 4) is 0 Å². The second kappa shape index (κ2) is 7.28. The molecule has 4 N–H and O–H groups in total. The Kier molecular flexibility index (Phi) is 7.20. The van der Waals surface area contributed by atoms with E-state index in [9.17, 15) is 15.3 Å². The summed E-state index contributed by atoms with van der Waals surface area (Å²) in [5, 5.41) is 37.6. The molecule has 0 radical (unpaired) electrons. The van der Waals surface area contributed by atoms with Crippen LogP contribution in [0, 0.1) is 5.41 Å². The Bertz CT molecular complexity index is 191. The van der Waals surface area contributed by atoms with Gasteiger partial charge in [0.05, 0.1) is 32.5 Å². The molecule has 0 bridgehead atoms. The standard InChI is InChI=1S/C12H26O5/c1-4-11(6-13,7-14)9-17-10(3)12(16,5-2)8-15/h10,13-16H,4-9H2,1-3H3. The molecule has 0 aliphatic rings. The summed E-state index contributed by atoms with van der Waals surface area (Å²) in [5.41, 5.74) is -1.96. The molecule has 0 heterocycles. The fourth-order valence-electron chi connectivity index (χ4n) is 1.45. The van der Waals surface area contributed by atoms with Gasteiger partial charge in [0.25, 0.3) is 0 Å². The first-order valence-corrected chi connectivity index (χ1v) is 6.10. The Morgan fingerprint density at radius 1 is 1.00 bits per heavy atom. The van der Waals surface area contributed by atoms with Crippen molar-refractivity contribution >= 4 is 0 Å². The van der Waals surface area contributed by atoms with Gasteiger partial charge in [-0.1, -0.05) is 13.8 Å². The molecule has 0 saturated heterocycles. The van der Waals surface area contributed by atoms with Crippen molar-refractivity contribution in [3.63, 3.8) is 0 Å². The average molecular weight is 250 g/mol. The van der Waals surface area contributed by atoms with Gasteiger partial charge in [0, 0.05) is 5.41 Å². The number of aliphatic hydroxyl groups is 4. The first kappa shape index (κ1) is 16.8. The minimum atomic E-state index is -1.27. The van der Waals surface area contributed by atoms with Crippen molar-refractivity contribution in [1.82, 2.24) is 0 Å². The van der Waals surface area contributed by atoms with Crippen LogP contribution in [0.25, 0.3) is 0 Å². The topological polar surface area (TPSA) is 90.2 Å². The molecule has 5 heteroatoms. The molecule has 0 fully saturated rings. The highest BCUT2D eigenvalue weighted by Gasteiger charge is 2.35. The molecule has 5 nitrogen and oxygen atoms in total. The lowest BCUT2D eigenvalue weighted by atomic mass is 9.87. The maximum atomic E-state index is 10.0. The fraction of sp³-hybridized carbons (Fsp3) is 1.00. The lowest BCUT2D eigenvalue weighted by Gasteiger charge is -2.35. The summed E-state index contributed by atoms with van der Waals surface area (Å²) >= 11 is 0. The maximum Gasteiger partial charge on any atom is 0.113 e. The second-order valence-electron chi connectivity index (χ2n) is 4.74. The Labute approximate surface area is 103 Å². The van der Waals surface area contributed by atoms with Crippen LogP contribution in [0.15, 0.2) is 0 Å². The van der Waals surface area contributed by atoms with E-state index >= 15 is 0 Å². The summed E-state index contributed by atoms with van der Waals surface area (Å²) in [6.07, 6.45) is 0.403. The molecular formula is C12H26O5. The van der Waals surface area contributed by atoms with Crippen LogP contribution >= 0.6 is 0 Å². The van der Waals surface area contributed by atoms with Crippen molar-refractivity contribution < 1.29 is 25.2 Å². The quantitative estimate of drug-likeness (QED) is 0.459. The van der Waals surface area contributed by atoms with Crippen LogP contribution in [0.1, 0.15) is 33.6 Å². The highest BCUT2D eigenvalue weighted by Crippen LogP contribution is 2.24. The lowest BCUT2D eigenvalue weighted by Crippen LogP contribution is -2.47. The molecule has 2 atom stereocenters. The Morgan fingerprint density at radius 3 is 1.82 bits per heavy atom. The van der Waals surface area contributed by atoms with E-state index in [1.807, 2.05) is 6.92 Å². The largest absolute Gasteiger partial charge is 0.396 e. The van der Waals surface area contributed by atoms with Gasteiger partial charge in [0.15, 0.2) is 0 Å². The highest BCUT2D eigenvalue weighted by atomic mass is 16.5. The third-order valence-electron chi connectivity index (χ3n) is 3.70. The van der Waals surface area contributed by atoms with Gasteiger partial charge in [0.2, 0.25) is 0 Å². The van der Waals surface area contributed by atoms with Crippen LogP contribution in [-0.2, 0) is 4.74 Å². The first-order valence-electron chi connectivity index (χ1n) is 6.10. The van der Waals surface area contributed by atoms with E-state index in [1.165, 1.54) is 0 Å². The van der Waals surface area contributed by atoms with Gasteiger partial charge >= 0.3 is 0 Å². The van der Waals surface area contributed by atoms with E-state index in [2.05, 4.69) is 0 Å². The van der Waals surface area contributed by atoms with Crippen LogP contribution in [-0.4, -0.2) is 58.6 Å². The number of ether oxygens (including phenoxy) is 1. The van der Waals surface area contributed by atoms with Gasteiger partial charge in [0.1, 0.15) is 5.60 Å². The minimum Gasteiger partial charge on any atom is -0.396 e. The van der Waals surface area contributed by atoms with Crippen LogP contribution < -0.4 is 0 Å². The predicted octanol–water partition coefficient (Wildman–Crippen LogP) is -0.0941. The summed E-state index contributed by atoms with van der Waals surface area (Å²) in [6, 6.07) is 0. The third-order valence-corrected chi connectivity index (χ3v) is 3.70. The van der Waals surface area contributed by atoms with E-state index in [1.54, 1.807) is 13.8 Å². The van der Waals surface area contributed by atoms with Gasteiger partial charge in [-0.2, -0.15) is 0 Å². The van der Waals surface area contributed by atoms with E-state index < -0.39 is 17.1 Å². The van der Waals surface area contributed by atoms with Crippen molar-refractivity contribution in [2.75, 3.05) is 26.4 Å². The Morgan fingerprint density at radius 2 is 1.53 bits per heavy atom. The van der Waals surface area contributed by atoms with Crippen molar-refractivity contribution in [2.24, 2.45) is 5.41 Å². The molecule has 0 rings (SSSR count). The molecule has 0 saturated carbocycles. The normalized spacial score (nSPS) is 17.8. The van der Waals surface area contributed by atoms with Gasteiger partial charge in [-0.3, -0.25) is 0 Å². The number of rotatable bonds is 9. The molecule has 0 aromatic heterocycles. The van der Waals surface area contributed by atoms with E-state index in [-0.39, 0.29) is 26.4 Å². The van der Waals surface area contributed by atoms with Crippen molar-refractivity contribution in [1.29, 1.82) is 0 Å². The minimum absolute atomic E-state index is 0.153. The highest BCUT2D eigenvalue weighted by molar-refractivity contribution is 4.84. The van der Waals surface area contributed by atoms with Crippen LogP contribution in [0.5, 0.6) is 0 Å². The number of hydrogen-bond donors (Lipinski definition) is 4. The third kappa shape index (κ3) is 4.19. The smallest absolute Gasteiger partial charge is 0.113 e. The lowest BCUT2D eigenvalue weighted by molar-refractivity contribution is -0.149. The van der Waals surface area contributed by atoms with Crippen molar-refractivity contribution in [3.05, 3.63) is 0 Å². The van der Waals surface area contributed by atoms with E-state index in [0.29, 0.717) is 12.8 Å². The molecular weight excluding hydrogens is 224 g/mol. The summed E-state index contributed by atoms with van der Waals surface area (Å²) in [5.74, 6) is 0. The fourth-order valence-corrected chi connectivity index (χ4v) is 1.45. The molecule has 2 unspecified atom stereocenters. The molecule has 0 aromatic carbocycles. The van der Waals surface area contributed by atoms with Gasteiger partial charge in [-0.25, -0.2) is 0 Å². The molecule has 0 amide bonds. The molecule has 0 aliphatic heterocycles. The molecule has 104 valence electrons. The zero-order chi connectivity index (χ0) is 13.5. The zero-order valence-electron chi connectivity index (χ0n) is 11.0. The molecule has 0 spiro atoms. The van der Waals surface area contributed by atoms with Gasteiger partial charge in [-0.15, -0.1) is 0 Å². The second-order valence-corrected chi connectivity index (χ2v) is 4.74. The summed E-state index contributed by atoms with van der Waals surface area (Å²) in [4.78, 5) is 0.